The normalized spacial score (nSPS) is 10.5. The smallest absolute Gasteiger partial charge is 0.343 e. The van der Waals surface area contributed by atoms with Crippen molar-refractivity contribution in [2.24, 2.45) is 0 Å². The zero-order valence-electron chi connectivity index (χ0n) is 27.0. The maximum atomic E-state index is 12.7. The highest BCUT2D eigenvalue weighted by Gasteiger charge is 2.12. The van der Waals surface area contributed by atoms with E-state index in [0.717, 1.165) is 43.4 Å². The molecule has 0 aliphatic heterocycles. The molecule has 0 N–H and O–H groups in total. The fraction of sp³-hybridized carbons (Fsp3) is 0.263. The van der Waals surface area contributed by atoms with E-state index in [-0.39, 0.29) is 6.61 Å². The van der Waals surface area contributed by atoms with Gasteiger partial charge in [-0.1, -0.05) is 25.3 Å². The predicted molar refractivity (Wildman–Crippen MR) is 180 cm³/mol. The molecule has 48 heavy (non-hydrogen) atoms. The van der Waals surface area contributed by atoms with Crippen LogP contribution < -0.4 is 18.9 Å². The molecule has 0 spiro atoms. The van der Waals surface area contributed by atoms with Gasteiger partial charge in [-0.3, -0.25) is 0 Å². The summed E-state index contributed by atoms with van der Waals surface area (Å²) in [6.07, 6.45) is 9.25. The Morgan fingerprint density at radius 2 is 1.15 bits per heavy atom. The Labute approximate surface area is 280 Å². The summed E-state index contributed by atoms with van der Waals surface area (Å²) in [6.45, 7) is 9.99. The molecule has 0 radical (unpaired) electrons. The summed E-state index contributed by atoms with van der Waals surface area (Å²) in [4.78, 5) is 47.1. The van der Waals surface area contributed by atoms with Crippen LogP contribution in [0.4, 0.5) is 0 Å². The van der Waals surface area contributed by atoms with E-state index in [9.17, 15) is 19.2 Å². The SMILES string of the molecule is C=CC(=O)OCCCCCCOc1ccc(C(=O)Oc2ccc(OC(=O)/C=C/c3ccc(OCCCOC(=O)C=C)cc3)c(C)c2)cc1. The third-order valence-corrected chi connectivity index (χ3v) is 6.64. The Morgan fingerprint density at radius 3 is 1.75 bits per heavy atom. The fourth-order valence-electron chi connectivity index (χ4n) is 4.09. The summed E-state index contributed by atoms with van der Waals surface area (Å²) in [6, 6.07) is 18.6. The number of esters is 4. The molecule has 0 fully saturated rings. The highest BCUT2D eigenvalue weighted by molar-refractivity contribution is 5.91. The van der Waals surface area contributed by atoms with Crippen molar-refractivity contribution in [3.8, 4) is 23.0 Å². The number of benzene rings is 3. The second-order valence-electron chi connectivity index (χ2n) is 10.4. The van der Waals surface area contributed by atoms with E-state index in [4.69, 9.17) is 28.4 Å². The number of hydrogen-bond donors (Lipinski definition) is 0. The molecule has 0 bridgehead atoms. The van der Waals surface area contributed by atoms with Crippen LogP contribution in [0.2, 0.25) is 0 Å². The van der Waals surface area contributed by atoms with E-state index >= 15 is 0 Å². The van der Waals surface area contributed by atoms with E-state index < -0.39 is 23.9 Å². The van der Waals surface area contributed by atoms with Crippen LogP contribution in [0.1, 0.15) is 53.6 Å². The van der Waals surface area contributed by atoms with Crippen LogP contribution in [0.3, 0.4) is 0 Å². The molecule has 3 aromatic carbocycles. The summed E-state index contributed by atoms with van der Waals surface area (Å²) in [5.41, 5.74) is 1.75. The van der Waals surface area contributed by atoms with Crippen LogP contribution in [-0.4, -0.2) is 50.3 Å². The second-order valence-corrected chi connectivity index (χ2v) is 10.4. The lowest BCUT2D eigenvalue weighted by atomic mass is 10.2. The number of hydrogen-bond acceptors (Lipinski definition) is 10. The average Bonchev–Trinajstić information content (AvgIpc) is 3.10. The van der Waals surface area contributed by atoms with E-state index in [1.54, 1.807) is 79.7 Å². The Morgan fingerprint density at radius 1 is 0.604 bits per heavy atom. The summed E-state index contributed by atoms with van der Waals surface area (Å²) < 4.78 is 32.2. The molecule has 0 saturated carbocycles. The van der Waals surface area contributed by atoms with Gasteiger partial charge in [0.2, 0.25) is 0 Å². The van der Waals surface area contributed by atoms with Gasteiger partial charge in [-0.05, 0) is 104 Å². The van der Waals surface area contributed by atoms with Crippen LogP contribution in [0.25, 0.3) is 6.08 Å². The van der Waals surface area contributed by atoms with Crippen LogP contribution in [0.5, 0.6) is 23.0 Å². The van der Waals surface area contributed by atoms with E-state index in [1.807, 2.05) is 0 Å². The summed E-state index contributed by atoms with van der Waals surface area (Å²) in [5.74, 6) is -0.0273. The molecular formula is C38H40O10. The van der Waals surface area contributed by atoms with E-state index in [2.05, 4.69) is 13.2 Å². The van der Waals surface area contributed by atoms with Crippen molar-refractivity contribution >= 4 is 30.0 Å². The first-order valence-corrected chi connectivity index (χ1v) is 15.5. The molecule has 0 atom stereocenters. The molecule has 3 aromatic rings. The molecule has 0 saturated heterocycles. The summed E-state index contributed by atoms with van der Waals surface area (Å²) in [5, 5.41) is 0. The Balaban J connectivity index is 1.37. The van der Waals surface area contributed by atoms with Gasteiger partial charge < -0.3 is 28.4 Å². The van der Waals surface area contributed by atoms with Gasteiger partial charge in [-0.15, -0.1) is 0 Å². The Hall–Kier alpha value is -5.64. The third kappa shape index (κ3) is 13.8. The van der Waals surface area contributed by atoms with Gasteiger partial charge in [0.05, 0.1) is 32.0 Å². The summed E-state index contributed by atoms with van der Waals surface area (Å²) >= 11 is 0. The highest BCUT2D eigenvalue weighted by Crippen LogP contribution is 2.25. The van der Waals surface area contributed by atoms with Crippen molar-refractivity contribution in [1.82, 2.24) is 0 Å². The lowest BCUT2D eigenvalue weighted by molar-refractivity contribution is -0.138. The first-order chi connectivity index (χ1) is 23.3. The van der Waals surface area contributed by atoms with E-state index in [0.29, 0.717) is 60.4 Å². The molecule has 0 aliphatic rings. The van der Waals surface area contributed by atoms with Gasteiger partial charge >= 0.3 is 23.9 Å². The first-order valence-electron chi connectivity index (χ1n) is 15.5. The van der Waals surface area contributed by atoms with Crippen molar-refractivity contribution < 1.29 is 47.6 Å². The number of rotatable bonds is 20. The van der Waals surface area contributed by atoms with Crippen LogP contribution in [0.15, 0.2) is 98.1 Å². The van der Waals surface area contributed by atoms with Gasteiger partial charge in [-0.25, -0.2) is 19.2 Å². The molecule has 252 valence electrons. The zero-order chi connectivity index (χ0) is 34.6. The number of unbranched alkanes of at least 4 members (excludes halogenated alkanes) is 3. The minimum Gasteiger partial charge on any atom is -0.494 e. The molecule has 0 amide bonds. The van der Waals surface area contributed by atoms with Crippen molar-refractivity contribution in [2.45, 2.75) is 39.0 Å². The minimum atomic E-state index is -0.564. The maximum Gasteiger partial charge on any atom is 0.343 e. The molecule has 0 heterocycles. The Bertz CT molecular complexity index is 1560. The Kier molecular flexibility index (Phi) is 15.7. The first kappa shape index (κ1) is 36.8. The van der Waals surface area contributed by atoms with Gasteiger partial charge in [0.1, 0.15) is 23.0 Å². The predicted octanol–water partition coefficient (Wildman–Crippen LogP) is 7.00. The third-order valence-electron chi connectivity index (χ3n) is 6.64. The maximum absolute atomic E-state index is 12.7. The number of aryl methyl sites for hydroxylation is 1. The summed E-state index contributed by atoms with van der Waals surface area (Å²) in [7, 11) is 0. The number of ether oxygens (including phenoxy) is 6. The molecule has 3 rings (SSSR count). The van der Waals surface area contributed by atoms with Crippen LogP contribution in [0, 0.1) is 6.92 Å². The molecule has 10 nitrogen and oxygen atoms in total. The molecule has 10 heteroatoms. The molecule has 0 aromatic heterocycles. The molecule has 0 aliphatic carbocycles. The van der Waals surface area contributed by atoms with Crippen molar-refractivity contribution in [2.75, 3.05) is 26.4 Å². The average molecular weight is 657 g/mol. The van der Waals surface area contributed by atoms with Gasteiger partial charge in [0, 0.05) is 24.6 Å². The lowest BCUT2D eigenvalue weighted by Crippen LogP contribution is -2.09. The fourth-order valence-corrected chi connectivity index (χ4v) is 4.09. The van der Waals surface area contributed by atoms with Gasteiger partial charge in [0.25, 0.3) is 0 Å². The lowest BCUT2D eigenvalue weighted by Gasteiger charge is -2.10. The standard InChI is InChI=1S/C38H40O10/c1-4-35(39)45-24-9-7-6-8-23-43-32-18-14-30(15-19-32)38(42)47-33-20-21-34(28(3)27-33)48-37(41)22-13-29-11-16-31(17-12-29)44-25-10-26-46-36(40)5-2/h4-5,11-22,27H,1-2,6-10,23-26H2,3H3/b22-13+. The zero-order valence-corrected chi connectivity index (χ0v) is 27.0. The quantitative estimate of drug-likeness (QED) is 0.0544. The van der Waals surface area contributed by atoms with Crippen molar-refractivity contribution in [1.29, 1.82) is 0 Å². The molecular weight excluding hydrogens is 616 g/mol. The van der Waals surface area contributed by atoms with Crippen molar-refractivity contribution in [3.63, 3.8) is 0 Å². The van der Waals surface area contributed by atoms with Crippen molar-refractivity contribution in [3.05, 3.63) is 115 Å². The van der Waals surface area contributed by atoms with Gasteiger partial charge in [-0.2, -0.15) is 0 Å². The molecule has 0 unspecified atom stereocenters. The van der Waals surface area contributed by atoms with Gasteiger partial charge in [0.15, 0.2) is 0 Å². The number of carbonyl (C=O) groups is 4. The largest absolute Gasteiger partial charge is 0.494 e. The minimum absolute atomic E-state index is 0.246. The highest BCUT2D eigenvalue weighted by atomic mass is 16.5. The van der Waals surface area contributed by atoms with E-state index in [1.165, 1.54) is 6.08 Å². The topological polar surface area (TPSA) is 124 Å². The monoisotopic (exact) mass is 656 g/mol. The van der Waals surface area contributed by atoms with Crippen LogP contribution in [-0.2, 0) is 23.9 Å². The number of carbonyl (C=O) groups excluding carboxylic acids is 4. The second kappa shape index (κ2) is 20.5. The van der Waals surface area contributed by atoms with Crippen LogP contribution >= 0.6 is 0 Å².